The number of aliphatic carboxylic acids is 1. The van der Waals surface area contributed by atoms with Crippen LogP contribution < -0.4 is 0 Å². The monoisotopic (exact) mass is 281 g/mol. The summed E-state index contributed by atoms with van der Waals surface area (Å²) in [7, 11) is 2.20. The largest absolute Gasteiger partial charge is 0.481 e. The molecule has 2 aliphatic carbocycles. The highest BCUT2D eigenvalue weighted by atomic mass is 16.4. The van der Waals surface area contributed by atoms with E-state index in [0.717, 1.165) is 18.8 Å². The Balaban J connectivity index is 2.13. The molecule has 0 bridgehead atoms. The first-order valence-electron chi connectivity index (χ1n) is 8.39. The van der Waals surface area contributed by atoms with E-state index in [0.29, 0.717) is 18.4 Å². The van der Waals surface area contributed by atoms with Crippen LogP contribution in [0, 0.1) is 11.8 Å². The molecule has 0 amide bonds. The molecular weight excluding hydrogens is 250 g/mol. The van der Waals surface area contributed by atoms with E-state index in [1.54, 1.807) is 0 Å². The number of carbonyl (C=O) groups is 1. The summed E-state index contributed by atoms with van der Waals surface area (Å²) in [5.41, 5.74) is -0.0798. The van der Waals surface area contributed by atoms with E-state index in [-0.39, 0.29) is 5.54 Å². The molecule has 0 saturated heterocycles. The minimum Gasteiger partial charge on any atom is -0.481 e. The highest BCUT2D eigenvalue weighted by Gasteiger charge is 2.43. The lowest BCUT2D eigenvalue weighted by atomic mass is 9.73. The Labute approximate surface area is 123 Å². The van der Waals surface area contributed by atoms with Crippen molar-refractivity contribution < 1.29 is 9.90 Å². The fourth-order valence-electron chi connectivity index (χ4n) is 4.72. The summed E-state index contributed by atoms with van der Waals surface area (Å²) < 4.78 is 0. The molecule has 2 fully saturated rings. The normalized spacial score (nSPS) is 34.1. The first kappa shape index (κ1) is 15.8. The van der Waals surface area contributed by atoms with Crippen LogP contribution >= 0.6 is 0 Å². The zero-order valence-corrected chi connectivity index (χ0v) is 13.4. The molecule has 0 aliphatic heterocycles. The van der Waals surface area contributed by atoms with E-state index in [1.165, 1.54) is 38.5 Å². The Morgan fingerprint density at radius 1 is 1.20 bits per heavy atom. The predicted molar refractivity (Wildman–Crippen MR) is 81.8 cm³/mol. The van der Waals surface area contributed by atoms with E-state index in [2.05, 4.69) is 25.8 Å². The number of hydrogen-bond acceptors (Lipinski definition) is 2. The van der Waals surface area contributed by atoms with Crippen LogP contribution in [0.2, 0.25) is 0 Å². The molecule has 20 heavy (non-hydrogen) atoms. The number of nitrogens with zero attached hydrogens (tertiary/aromatic N) is 1. The summed E-state index contributed by atoms with van der Waals surface area (Å²) in [5, 5.41) is 9.36. The van der Waals surface area contributed by atoms with E-state index in [1.807, 2.05) is 0 Å². The number of carboxylic acid groups (broad SMARTS) is 1. The maximum atomic E-state index is 11.4. The molecule has 0 spiro atoms. The standard InChI is InChI=1S/C17H31NO2/c1-13-7-8-15(14(2)11-13)18(3)17(12-16(19)20)9-5-4-6-10-17/h13-15H,4-12H2,1-3H3,(H,19,20). The van der Waals surface area contributed by atoms with Crippen molar-refractivity contribution in [3.05, 3.63) is 0 Å². The fourth-order valence-corrected chi connectivity index (χ4v) is 4.72. The SMILES string of the molecule is CC1CCC(N(C)C2(CC(=O)O)CCCCC2)C(C)C1. The molecule has 0 heterocycles. The predicted octanol–water partition coefficient (Wildman–Crippen LogP) is 3.92. The van der Waals surface area contributed by atoms with E-state index >= 15 is 0 Å². The molecule has 3 heteroatoms. The molecule has 3 atom stereocenters. The Morgan fingerprint density at radius 2 is 1.85 bits per heavy atom. The smallest absolute Gasteiger partial charge is 0.305 e. The zero-order valence-electron chi connectivity index (χ0n) is 13.4. The Kier molecular flexibility index (Phi) is 5.11. The van der Waals surface area contributed by atoms with Crippen molar-refractivity contribution >= 4 is 5.97 Å². The van der Waals surface area contributed by atoms with E-state index in [4.69, 9.17) is 0 Å². The van der Waals surface area contributed by atoms with Crippen molar-refractivity contribution in [2.45, 2.75) is 83.2 Å². The van der Waals surface area contributed by atoms with Gasteiger partial charge in [-0.15, -0.1) is 0 Å². The molecule has 1 N–H and O–H groups in total. The van der Waals surface area contributed by atoms with Gasteiger partial charge in [-0.25, -0.2) is 0 Å². The van der Waals surface area contributed by atoms with Gasteiger partial charge in [-0.1, -0.05) is 33.1 Å². The van der Waals surface area contributed by atoms with Crippen LogP contribution in [0.4, 0.5) is 0 Å². The van der Waals surface area contributed by atoms with Gasteiger partial charge >= 0.3 is 5.97 Å². The lowest BCUT2D eigenvalue weighted by Crippen LogP contribution is -2.56. The van der Waals surface area contributed by atoms with Crippen LogP contribution in [0.1, 0.15) is 71.6 Å². The van der Waals surface area contributed by atoms with Gasteiger partial charge in [0.05, 0.1) is 6.42 Å². The van der Waals surface area contributed by atoms with Crippen LogP contribution in [0.5, 0.6) is 0 Å². The van der Waals surface area contributed by atoms with Crippen molar-refractivity contribution in [3.63, 3.8) is 0 Å². The zero-order chi connectivity index (χ0) is 14.8. The summed E-state index contributed by atoms with van der Waals surface area (Å²) in [6.07, 6.45) is 9.92. The van der Waals surface area contributed by atoms with Crippen LogP contribution in [0.25, 0.3) is 0 Å². The highest BCUT2D eigenvalue weighted by Crippen LogP contribution is 2.41. The van der Waals surface area contributed by atoms with Gasteiger partial charge in [0, 0.05) is 11.6 Å². The van der Waals surface area contributed by atoms with Gasteiger partial charge in [0.25, 0.3) is 0 Å². The lowest BCUT2D eigenvalue weighted by molar-refractivity contribution is -0.142. The molecule has 3 nitrogen and oxygen atoms in total. The van der Waals surface area contributed by atoms with Crippen LogP contribution in [0.15, 0.2) is 0 Å². The van der Waals surface area contributed by atoms with Gasteiger partial charge in [0.15, 0.2) is 0 Å². The molecule has 0 aromatic carbocycles. The number of rotatable bonds is 4. The van der Waals surface area contributed by atoms with Crippen molar-refractivity contribution in [1.29, 1.82) is 0 Å². The Morgan fingerprint density at radius 3 is 2.40 bits per heavy atom. The summed E-state index contributed by atoms with van der Waals surface area (Å²) in [4.78, 5) is 13.8. The molecule has 0 aromatic heterocycles. The first-order valence-corrected chi connectivity index (χ1v) is 8.39. The van der Waals surface area contributed by atoms with Crippen molar-refractivity contribution in [3.8, 4) is 0 Å². The summed E-state index contributed by atoms with van der Waals surface area (Å²) >= 11 is 0. The lowest BCUT2D eigenvalue weighted by Gasteiger charge is -2.51. The molecule has 3 unspecified atom stereocenters. The molecule has 2 rings (SSSR count). The third-order valence-electron chi connectivity index (χ3n) is 5.90. The van der Waals surface area contributed by atoms with Crippen molar-refractivity contribution in [2.24, 2.45) is 11.8 Å². The third-order valence-corrected chi connectivity index (χ3v) is 5.90. The Hall–Kier alpha value is -0.570. The quantitative estimate of drug-likeness (QED) is 0.849. The topological polar surface area (TPSA) is 40.5 Å². The van der Waals surface area contributed by atoms with Crippen LogP contribution in [-0.2, 0) is 4.79 Å². The van der Waals surface area contributed by atoms with Gasteiger partial charge in [-0.3, -0.25) is 9.69 Å². The molecule has 116 valence electrons. The van der Waals surface area contributed by atoms with Gasteiger partial charge in [0.1, 0.15) is 0 Å². The Bertz CT molecular complexity index is 336. The van der Waals surface area contributed by atoms with Crippen molar-refractivity contribution in [2.75, 3.05) is 7.05 Å². The average Bonchev–Trinajstić information content (AvgIpc) is 2.38. The second-order valence-corrected chi connectivity index (χ2v) is 7.43. The average molecular weight is 281 g/mol. The summed E-state index contributed by atoms with van der Waals surface area (Å²) in [6, 6.07) is 0.573. The van der Waals surface area contributed by atoms with Crippen LogP contribution in [0.3, 0.4) is 0 Å². The first-order chi connectivity index (χ1) is 9.44. The number of carboxylic acids is 1. The maximum absolute atomic E-state index is 11.4. The van der Waals surface area contributed by atoms with Crippen molar-refractivity contribution in [1.82, 2.24) is 4.90 Å². The second-order valence-electron chi connectivity index (χ2n) is 7.43. The van der Waals surface area contributed by atoms with Gasteiger partial charge in [-0.05, 0) is 51.0 Å². The van der Waals surface area contributed by atoms with Crippen LogP contribution in [-0.4, -0.2) is 34.6 Å². The van der Waals surface area contributed by atoms with Gasteiger partial charge in [0.2, 0.25) is 0 Å². The fraction of sp³-hybridized carbons (Fsp3) is 0.941. The highest BCUT2D eigenvalue weighted by molar-refractivity contribution is 5.68. The molecule has 2 saturated carbocycles. The van der Waals surface area contributed by atoms with Gasteiger partial charge < -0.3 is 5.11 Å². The summed E-state index contributed by atoms with van der Waals surface area (Å²) in [6.45, 7) is 4.70. The minimum absolute atomic E-state index is 0.0798. The number of hydrogen-bond donors (Lipinski definition) is 1. The minimum atomic E-state index is -0.629. The van der Waals surface area contributed by atoms with E-state index in [9.17, 15) is 9.90 Å². The third kappa shape index (κ3) is 3.36. The van der Waals surface area contributed by atoms with E-state index < -0.39 is 5.97 Å². The molecule has 0 aromatic rings. The summed E-state index contributed by atoms with van der Waals surface area (Å²) in [5.74, 6) is 0.892. The molecule has 0 radical (unpaired) electrons. The second kappa shape index (κ2) is 6.46. The maximum Gasteiger partial charge on any atom is 0.305 e. The molecule has 2 aliphatic rings. The molecular formula is C17H31NO2. The van der Waals surface area contributed by atoms with Gasteiger partial charge in [-0.2, -0.15) is 0 Å².